The van der Waals surface area contributed by atoms with Crippen LogP contribution in [0.2, 0.25) is 0 Å². The summed E-state index contributed by atoms with van der Waals surface area (Å²) in [4.78, 5) is 12.1. The predicted molar refractivity (Wildman–Crippen MR) is 86.2 cm³/mol. The Morgan fingerprint density at radius 2 is 1.91 bits per heavy atom. The van der Waals surface area contributed by atoms with Gasteiger partial charge in [0.15, 0.2) is 0 Å². The fourth-order valence-corrected chi connectivity index (χ4v) is 2.20. The number of hydrogen-bond donors (Lipinski definition) is 1. The van der Waals surface area contributed by atoms with E-state index in [4.69, 9.17) is 9.47 Å². The van der Waals surface area contributed by atoms with E-state index in [0.29, 0.717) is 17.1 Å². The van der Waals surface area contributed by atoms with Crippen molar-refractivity contribution in [1.82, 2.24) is 5.32 Å². The Morgan fingerprint density at radius 1 is 1.13 bits per heavy atom. The number of halogens is 1. The van der Waals surface area contributed by atoms with Gasteiger partial charge >= 0.3 is 0 Å². The molecule has 2 aromatic rings. The van der Waals surface area contributed by atoms with E-state index in [0.717, 1.165) is 11.1 Å². The fraction of sp³-hybridized carbons (Fsp3) is 0.278. The van der Waals surface area contributed by atoms with E-state index in [-0.39, 0.29) is 24.7 Å². The van der Waals surface area contributed by atoms with Crippen LogP contribution in [0.3, 0.4) is 0 Å². The molecule has 122 valence electrons. The van der Waals surface area contributed by atoms with Gasteiger partial charge < -0.3 is 14.8 Å². The van der Waals surface area contributed by atoms with E-state index >= 15 is 0 Å². The van der Waals surface area contributed by atoms with Crippen molar-refractivity contribution in [1.29, 1.82) is 0 Å². The zero-order valence-electron chi connectivity index (χ0n) is 13.5. The highest BCUT2D eigenvalue weighted by molar-refractivity contribution is 5.79. The Morgan fingerprint density at radius 3 is 2.57 bits per heavy atom. The molecule has 0 unspecified atom stereocenters. The molecule has 0 fully saturated rings. The molecule has 0 saturated heterocycles. The molecule has 0 heterocycles. The van der Waals surface area contributed by atoms with Crippen molar-refractivity contribution in [2.24, 2.45) is 0 Å². The topological polar surface area (TPSA) is 47.6 Å². The number of methoxy groups -OCH3 is 2. The third-order valence-electron chi connectivity index (χ3n) is 3.56. The minimum atomic E-state index is -0.272. The number of rotatable bonds is 6. The van der Waals surface area contributed by atoms with Gasteiger partial charge in [0, 0.05) is 12.1 Å². The number of carbonyl (C=O) groups is 1. The van der Waals surface area contributed by atoms with Crippen LogP contribution in [0.25, 0.3) is 0 Å². The zero-order valence-corrected chi connectivity index (χ0v) is 13.5. The highest BCUT2D eigenvalue weighted by Crippen LogP contribution is 2.24. The summed E-state index contributed by atoms with van der Waals surface area (Å²) in [6.45, 7) is 1.98. The van der Waals surface area contributed by atoms with Gasteiger partial charge in [0.2, 0.25) is 5.91 Å². The summed E-state index contributed by atoms with van der Waals surface area (Å²) in [6, 6.07) is 10.2. The number of amides is 1. The molecule has 0 aliphatic carbocycles. The molecule has 1 amide bonds. The lowest BCUT2D eigenvalue weighted by Crippen LogP contribution is -2.24. The first kappa shape index (κ1) is 16.8. The molecule has 0 spiro atoms. The van der Waals surface area contributed by atoms with Gasteiger partial charge in [-0.2, -0.15) is 0 Å². The van der Waals surface area contributed by atoms with Crippen molar-refractivity contribution in [3.05, 3.63) is 58.9 Å². The van der Waals surface area contributed by atoms with Crippen LogP contribution in [0, 0.1) is 12.7 Å². The third kappa shape index (κ3) is 4.45. The quantitative estimate of drug-likeness (QED) is 0.891. The standard InChI is InChI=1S/C18H20FNO3/c1-12-4-5-13(8-16(12)19)11-20-18(21)10-14-9-15(22-2)6-7-17(14)23-3/h4-9H,10-11H2,1-3H3,(H,20,21). The minimum Gasteiger partial charge on any atom is -0.497 e. The molecule has 0 saturated carbocycles. The third-order valence-corrected chi connectivity index (χ3v) is 3.56. The summed E-state index contributed by atoms with van der Waals surface area (Å²) in [5.41, 5.74) is 2.04. The number of aryl methyl sites for hydroxylation is 1. The first-order chi connectivity index (χ1) is 11.0. The predicted octanol–water partition coefficient (Wildman–Crippen LogP) is 3.01. The largest absolute Gasteiger partial charge is 0.497 e. The van der Waals surface area contributed by atoms with E-state index in [9.17, 15) is 9.18 Å². The van der Waals surface area contributed by atoms with Gasteiger partial charge in [0.25, 0.3) is 0 Å². The van der Waals surface area contributed by atoms with Crippen LogP contribution in [0.1, 0.15) is 16.7 Å². The Bertz CT molecular complexity index is 701. The van der Waals surface area contributed by atoms with Crippen molar-refractivity contribution in [3.63, 3.8) is 0 Å². The van der Waals surface area contributed by atoms with E-state index < -0.39 is 0 Å². The molecule has 0 bridgehead atoms. The molecule has 5 heteroatoms. The van der Waals surface area contributed by atoms with Crippen LogP contribution < -0.4 is 14.8 Å². The van der Waals surface area contributed by atoms with Crippen molar-refractivity contribution >= 4 is 5.91 Å². The van der Waals surface area contributed by atoms with Crippen LogP contribution in [0.15, 0.2) is 36.4 Å². The molecular weight excluding hydrogens is 297 g/mol. The van der Waals surface area contributed by atoms with Crippen LogP contribution in [0.4, 0.5) is 4.39 Å². The van der Waals surface area contributed by atoms with E-state index in [2.05, 4.69) is 5.32 Å². The molecule has 0 aromatic heterocycles. The summed E-state index contributed by atoms with van der Waals surface area (Å²) >= 11 is 0. The lowest BCUT2D eigenvalue weighted by atomic mass is 10.1. The molecule has 0 aliphatic rings. The number of hydrogen-bond acceptors (Lipinski definition) is 3. The maximum atomic E-state index is 13.5. The molecular formula is C18H20FNO3. The molecule has 0 atom stereocenters. The van der Waals surface area contributed by atoms with Crippen LogP contribution in [0.5, 0.6) is 11.5 Å². The normalized spacial score (nSPS) is 10.3. The Balaban J connectivity index is 2.00. The van der Waals surface area contributed by atoms with Crippen molar-refractivity contribution in [2.45, 2.75) is 19.9 Å². The number of ether oxygens (including phenoxy) is 2. The summed E-state index contributed by atoms with van der Waals surface area (Å²) in [5, 5.41) is 2.78. The van der Waals surface area contributed by atoms with E-state index in [1.807, 2.05) is 0 Å². The minimum absolute atomic E-state index is 0.161. The van der Waals surface area contributed by atoms with Gasteiger partial charge in [-0.1, -0.05) is 12.1 Å². The molecule has 23 heavy (non-hydrogen) atoms. The first-order valence-electron chi connectivity index (χ1n) is 7.26. The van der Waals surface area contributed by atoms with Gasteiger partial charge in [-0.3, -0.25) is 4.79 Å². The van der Waals surface area contributed by atoms with Gasteiger partial charge in [-0.25, -0.2) is 4.39 Å². The van der Waals surface area contributed by atoms with Crippen LogP contribution >= 0.6 is 0 Å². The van der Waals surface area contributed by atoms with Gasteiger partial charge in [-0.05, 0) is 42.3 Å². The van der Waals surface area contributed by atoms with Crippen molar-refractivity contribution in [3.8, 4) is 11.5 Å². The second-order valence-electron chi connectivity index (χ2n) is 5.21. The lowest BCUT2D eigenvalue weighted by Gasteiger charge is -2.11. The molecule has 1 N–H and O–H groups in total. The summed E-state index contributed by atoms with van der Waals surface area (Å²) in [6.07, 6.45) is 0.161. The van der Waals surface area contributed by atoms with Gasteiger partial charge in [0.05, 0.1) is 20.6 Å². The van der Waals surface area contributed by atoms with Crippen molar-refractivity contribution < 1.29 is 18.7 Å². The SMILES string of the molecule is COc1ccc(OC)c(CC(=O)NCc2ccc(C)c(F)c2)c1. The Hall–Kier alpha value is -2.56. The van der Waals surface area contributed by atoms with E-state index in [1.165, 1.54) is 6.07 Å². The number of carbonyl (C=O) groups excluding carboxylic acids is 1. The van der Waals surface area contributed by atoms with Crippen LogP contribution in [-0.2, 0) is 17.8 Å². The summed E-state index contributed by atoms with van der Waals surface area (Å²) in [5.74, 6) is 0.847. The van der Waals surface area contributed by atoms with Gasteiger partial charge in [0.1, 0.15) is 17.3 Å². The molecule has 2 aromatic carbocycles. The second kappa shape index (κ2) is 7.63. The molecule has 2 rings (SSSR count). The summed E-state index contributed by atoms with van der Waals surface area (Å²) < 4.78 is 23.9. The smallest absolute Gasteiger partial charge is 0.224 e. The molecule has 4 nitrogen and oxygen atoms in total. The average molecular weight is 317 g/mol. The van der Waals surface area contributed by atoms with Gasteiger partial charge in [-0.15, -0.1) is 0 Å². The number of nitrogens with one attached hydrogen (secondary N) is 1. The summed E-state index contributed by atoms with van der Waals surface area (Å²) in [7, 11) is 3.12. The first-order valence-corrected chi connectivity index (χ1v) is 7.26. The Kier molecular flexibility index (Phi) is 5.57. The molecule has 0 aliphatic heterocycles. The molecule has 0 radical (unpaired) electrons. The fourth-order valence-electron chi connectivity index (χ4n) is 2.20. The monoisotopic (exact) mass is 317 g/mol. The zero-order chi connectivity index (χ0) is 16.8. The Labute approximate surface area is 135 Å². The highest BCUT2D eigenvalue weighted by atomic mass is 19.1. The van der Waals surface area contributed by atoms with Crippen LogP contribution in [-0.4, -0.2) is 20.1 Å². The highest BCUT2D eigenvalue weighted by Gasteiger charge is 2.10. The average Bonchev–Trinajstić information content (AvgIpc) is 2.55. The maximum absolute atomic E-state index is 13.5. The van der Waals surface area contributed by atoms with Crippen molar-refractivity contribution in [2.75, 3.05) is 14.2 Å². The second-order valence-corrected chi connectivity index (χ2v) is 5.21. The number of benzene rings is 2. The lowest BCUT2D eigenvalue weighted by molar-refractivity contribution is -0.120. The van der Waals surface area contributed by atoms with E-state index in [1.54, 1.807) is 51.5 Å². The maximum Gasteiger partial charge on any atom is 0.224 e.